The van der Waals surface area contributed by atoms with E-state index in [4.69, 9.17) is 11.5 Å². The molecule has 4 nitrogen and oxygen atoms in total. The fourth-order valence-electron chi connectivity index (χ4n) is 2.84. The first-order valence-electron chi connectivity index (χ1n) is 6.89. The van der Waals surface area contributed by atoms with E-state index in [1.54, 1.807) is 0 Å². The van der Waals surface area contributed by atoms with Gasteiger partial charge in [0.1, 0.15) is 0 Å². The summed E-state index contributed by atoms with van der Waals surface area (Å²) in [6.45, 7) is 1.93. The minimum Gasteiger partial charge on any atom is -0.398 e. The first-order chi connectivity index (χ1) is 10.1. The summed E-state index contributed by atoms with van der Waals surface area (Å²) < 4.78 is 0. The SMILES string of the molecule is Cc1c(N)cc2c(c1N)Nc1ccc3ccccc3c1N2. The molecule has 0 saturated carbocycles. The van der Waals surface area contributed by atoms with Crippen molar-refractivity contribution in [3.8, 4) is 0 Å². The molecule has 0 fully saturated rings. The molecule has 0 aromatic heterocycles. The Labute approximate surface area is 122 Å². The summed E-state index contributed by atoms with van der Waals surface area (Å²) >= 11 is 0. The van der Waals surface area contributed by atoms with Crippen LogP contribution in [0.3, 0.4) is 0 Å². The van der Waals surface area contributed by atoms with Gasteiger partial charge in [-0.1, -0.05) is 30.3 Å². The third kappa shape index (κ3) is 1.62. The van der Waals surface area contributed by atoms with Gasteiger partial charge in [-0.15, -0.1) is 0 Å². The Kier molecular flexibility index (Phi) is 2.30. The molecule has 4 heteroatoms. The van der Waals surface area contributed by atoms with Crippen molar-refractivity contribution < 1.29 is 0 Å². The van der Waals surface area contributed by atoms with Crippen molar-refractivity contribution in [3.05, 3.63) is 48.0 Å². The van der Waals surface area contributed by atoms with Crippen molar-refractivity contribution in [2.75, 3.05) is 22.1 Å². The predicted octanol–water partition coefficient (Wildman–Crippen LogP) is 4.11. The second kappa shape index (κ2) is 4.06. The van der Waals surface area contributed by atoms with E-state index in [1.165, 1.54) is 10.8 Å². The Morgan fingerprint density at radius 1 is 0.857 bits per heavy atom. The van der Waals surface area contributed by atoms with E-state index in [1.807, 2.05) is 25.1 Å². The number of fused-ring (bicyclic) bond motifs is 4. The van der Waals surface area contributed by atoms with Crippen LogP contribution in [-0.4, -0.2) is 0 Å². The number of nitrogen functional groups attached to an aromatic ring is 2. The van der Waals surface area contributed by atoms with Crippen LogP contribution >= 0.6 is 0 Å². The minimum atomic E-state index is 0.691. The highest BCUT2D eigenvalue weighted by atomic mass is 15.1. The summed E-state index contributed by atoms with van der Waals surface area (Å²) in [5, 5.41) is 9.26. The maximum atomic E-state index is 6.19. The second-order valence-corrected chi connectivity index (χ2v) is 5.39. The van der Waals surface area contributed by atoms with E-state index in [9.17, 15) is 0 Å². The molecule has 1 aliphatic rings. The fraction of sp³-hybridized carbons (Fsp3) is 0.0588. The quantitative estimate of drug-likeness (QED) is 0.364. The molecule has 0 atom stereocenters. The molecule has 0 spiro atoms. The lowest BCUT2D eigenvalue weighted by Gasteiger charge is -2.27. The van der Waals surface area contributed by atoms with E-state index in [0.717, 1.165) is 28.3 Å². The van der Waals surface area contributed by atoms with Crippen LogP contribution in [0.5, 0.6) is 0 Å². The Hall–Kier alpha value is -2.88. The zero-order chi connectivity index (χ0) is 14.6. The van der Waals surface area contributed by atoms with Gasteiger partial charge in [0.2, 0.25) is 0 Å². The van der Waals surface area contributed by atoms with E-state index in [-0.39, 0.29) is 0 Å². The van der Waals surface area contributed by atoms with Crippen LogP contribution in [0.4, 0.5) is 34.1 Å². The van der Waals surface area contributed by atoms with Gasteiger partial charge in [0.05, 0.1) is 28.4 Å². The summed E-state index contributed by atoms with van der Waals surface area (Å²) in [6.07, 6.45) is 0. The number of benzene rings is 3. The molecular formula is C17H16N4. The second-order valence-electron chi connectivity index (χ2n) is 5.39. The molecule has 0 radical (unpaired) electrons. The Morgan fingerprint density at radius 2 is 1.62 bits per heavy atom. The third-order valence-electron chi connectivity index (χ3n) is 4.12. The van der Waals surface area contributed by atoms with Gasteiger partial charge in [0, 0.05) is 11.1 Å². The minimum absolute atomic E-state index is 0.691. The Morgan fingerprint density at radius 3 is 2.48 bits per heavy atom. The molecule has 104 valence electrons. The lowest BCUT2D eigenvalue weighted by molar-refractivity contribution is 1.41. The van der Waals surface area contributed by atoms with Crippen molar-refractivity contribution >= 4 is 44.9 Å². The predicted molar refractivity (Wildman–Crippen MR) is 90.5 cm³/mol. The molecule has 1 aliphatic heterocycles. The maximum absolute atomic E-state index is 6.19. The Balaban J connectivity index is 1.96. The summed E-state index contributed by atoms with van der Waals surface area (Å²) in [6, 6.07) is 14.4. The lowest BCUT2D eigenvalue weighted by atomic mass is 10.0. The number of anilines is 6. The first kappa shape index (κ1) is 11.9. The van der Waals surface area contributed by atoms with Gasteiger partial charge in [0.25, 0.3) is 0 Å². The fourth-order valence-corrected chi connectivity index (χ4v) is 2.84. The summed E-state index contributed by atoms with van der Waals surface area (Å²) in [5.74, 6) is 0. The molecular weight excluding hydrogens is 260 g/mol. The molecule has 0 aliphatic carbocycles. The van der Waals surface area contributed by atoms with E-state index >= 15 is 0 Å². The standard InChI is InChI=1S/C17H16N4/c1-9-12(18)8-14-17(15(9)19)20-13-7-6-10-4-2-3-5-11(10)16(13)21-14/h2-8,20-21H,18-19H2,1H3. The van der Waals surface area contributed by atoms with Gasteiger partial charge in [-0.05, 0) is 30.0 Å². The van der Waals surface area contributed by atoms with Gasteiger partial charge in [-0.3, -0.25) is 0 Å². The smallest absolute Gasteiger partial charge is 0.0861 e. The van der Waals surface area contributed by atoms with Crippen molar-refractivity contribution in [1.29, 1.82) is 0 Å². The number of hydrogen-bond acceptors (Lipinski definition) is 4. The lowest BCUT2D eigenvalue weighted by Crippen LogP contribution is -2.11. The van der Waals surface area contributed by atoms with Gasteiger partial charge in [-0.2, -0.15) is 0 Å². The molecule has 0 amide bonds. The first-order valence-corrected chi connectivity index (χ1v) is 6.89. The van der Waals surface area contributed by atoms with Crippen molar-refractivity contribution in [3.63, 3.8) is 0 Å². The van der Waals surface area contributed by atoms with Gasteiger partial charge >= 0.3 is 0 Å². The van der Waals surface area contributed by atoms with Crippen LogP contribution in [0.1, 0.15) is 5.56 Å². The van der Waals surface area contributed by atoms with E-state index < -0.39 is 0 Å². The number of nitrogens with two attached hydrogens (primary N) is 2. The topological polar surface area (TPSA) is 76.1 Å². The van der Waals surface area contributed by atoms with E-state index in [2.05, 4.69) is 34.9 Å². The van der Waals surface area contributed by atoms with Crippen molar-refractivity contribution in [2.45, 2.75) is 6.92 Å². The molecule has 0 saturated heterocycles. The molecule has 3 aromatic carbocycles. The average Bonchev–Trinajstić information content (AvgIpc) is 2.51. The Bertz CT molecular complexity index is 884. The van der Waals surface area contributed by atoms with Gasteiger partial charge in [-0.25, -0.2) is 0 Å². The van der Waals surface area contributed by atoms with Gasteiger partial charge in [0.15, 0.2) is 0 Å². The molecule has 6 N–H and O–H groups in total. The molecule has 1 heterocycles. The van der Waals surface area contributed by atoms with Crippen LogP contribution in [0.15, 0.2) is 42.5 Å². The zero-order valence-corrected chi connectivity index (χ0v) is 11.7. The van der Waals surface area contributed by atoms with Crippen LogP contribution in [0.25, 0.3) is 10.8 Å². The number of rotatable bonds is 0. The maximum Gasteiger partial charge on any atom is 0.0861 e. The largest absolute Gasteiger partial charge is 0.398 e. The van der Waals surface area contributed by atoms with Crippen LogP contribution in [-0.2, 0) is 0 Å². The molecule has 0 unspecified atom stereocenters. The number of nitrogens with one attached hydrogen (secondary N) is 2. The monoisotopic (exact) mass is 276 g/mol. The summed E-state index contributed by atoms with van der Waals surface area (Å²) in [4.78, 5) is 0. The molecule has 3 aromatic rings. The van der Waals surface area contributed by atoms with Crippen LogP contribution in [0.2, 0.25) is 0 Å². The zero-order valence-electron chi connectivity index (χ0n) is 11.7. The van der Waals surface area contributed by atoms with Crippen molar-refractivity contribution in [1.82, 2.24) is 0 Å². The highest BCUT2D eigenvalue weighted by Gasteiger charge is 2.20. The number of hydrogen-bond donors (Lipinski definition) is 4. The molecule has 0 bridgehead atoms. The van der Waals surface area contributed by atoms with E-state index in [0.29, 0.717) is 11.4 Å². The third-order valence-corrected chi connectivity index (χ3v) is 4.12. The summed E-state index contributed by atoms with van der Waals surface area (Å²) in [7, 11) is 0. The van der Waals surface area contributed by atoms with Crippen LogP contribution in [0, 0.1) is 6.92 Å². The highest BCUT2D eigenvalue weighted by Crippen LogP contribution is 2.46. The van der Waals surface area contributed by atoms with Crippen LogP contribution < -0.4 is 22.1 Å². The molecule has 4 rings (SSSR count). The highest BCUT2D eigenvalue weighted by molar-refractivity contribution is 6.08. The van der Waals surface area contributed by atoms with Crippen molar-refractivity contribution in [2.24, 2.45) is 0 Å². The van der Waals surface area contributed by atoms with Gasteiger partial charge < -0.3 is 22.1 Å². The average molecular weight is 276 g/mol. The molecule has 21 heavy (non-hydrogen) atoms. The summed E-state index contributed by atoms with van der Waals surface area (Å²) in [5.41, 5.74) is 18.4. The normalized spacial score (nSPS) is 12.2.